The lowest BCUT2D eigenvalue weighted by Crippen LogP contribution is -2.66. The summed E-state index contributed by atoms with van der Waals surface area (Å²) < 4.78 is 22.7. The van der Waals surface area contributed by atoms with Crippen LogP contribution in [0.1, 0.15) is 47.5 Å². The van der Waals surface area contributed by atoms with Crippen LogP contribution in [0.25, 0.3) is 0 Å². The molecule has 9 nitrogen and oxygen atoms in total. The van der Waals surface area contributed by atoms with Crippen LogP contribution < -0.4 is 0 Å². The zero-order valence-corrected chi connectivity index (χ0v) is 21.9. The SMILES string of the molecule is C=C1CC[C@H](OC(C)=O)[C@]2(C)[C@@H](OC(C)=O)/C=C\C(=C)[C@H](Cl)[C@@H]3OC(=O)[C@H](C)[C@]3(O)[C@@H](OC(C)=O)[C@@H]12. The lowest BCUT2D eigenvalue weighted by atomic mass is 9.55. The molecule has 1 heterocycles. The molecule has 0 unspecified atom stereocenters. The quantitative estimate of drug-likeness (QED) is 0.256. The first kappa shape index (κ1) is 27.9. The summed E-state index contributed by atoms with van der Waals surface area (Å²) in [7, 11) is 0. The van der Waals surface area contributed by atoms with E-state index in [9.17, 15) is 24.3 Å². The van der Waals surface area contributed by atoms with Crippen molar-refractivity contribution in [1.82, 2.24) is 0 Å². The van der Waals surface area contributed by atoms with Crippen molar-refractivity contribution in [3.63, 3.8) is 0 Å². The molecule has 0 aromatic heterocycles. The van der Waals surface area contributed by atoms with Crippen LogP contribution in [0.3, 0.4) is 0 Å². The first-order valence-electron chi connectivity index (χ1n) is 11.8. The molecule has 10 heteroatoms. The van der Waals surface area contributed by atoms with Crippen LogP contribution in [0.2, 0.25) is 0 Å². The molecule has 1 aliphatic heterocycles. The summed E-state index contributed by atoms with van der Waals surface area (Å²) in [6.45, 7) is 15.0. The van der Waals surface area contributed by atoms with Crippen molar-refractivity contribution in [2.24, 2.45) is 17.3 Å². The molecule has 3 aliphatic rings. The largest absolute Gasteiger partial charge is 0.462 e. The number of hydrogen-bond acceptors (Lipinski definition) is 9. The first-order valence-corrected chi connectivity index (χ1v) is 12.2. The van der Waals surface area contributed by atoms with Gasteiger partial charge in [0, 0.05) is 26.7 Å². The van der Waals surface area contributed by atoms with Gasteiger partial charge in [-0.1, -0.05) is 31.7 Å². The normalized spacial score (nSPS) is 41.3. The molecule has 9 atom stereocenters. The van der Waals surface area contributed by atoms with Gasteiger partial charge < -0.3 is 24.1 Å². The zero-order valence-electron chi connectivity index (χ0n) is 21.1. The fourth-order valence-electron chi connectivity index (χ4n) is 5.83. The number of ether oxygens (including phenoxy) is 4. The number of carbonyl (C=O) groups is 4. The van der Waals surface area contributed by atoms with E-state index in [1.165, 1.54) is 33.8 Å². The van der Waals surface area contributed by atoms with Crippen molar-refractivity contribution >= 4 is 35.5 Å². The van der Waals surface area contributed by atoms with Crippen molar-refractivity contribution < 1.29 is 43.2 Å². The predicted molar refractivity (Wildman–Crippen MR) is 129 cm³/mol. The maximum absolute atomic E-state index is 12.8. The lowest BCUT2D eigenvalue weighted by molar-refractivity contribution is -0.217. The van der Waals surface area contributed by atoms with E-state index in [1.54, 1.807) is 13.0 Å². The van der Waals surface area contributed by atoms with Crippen LogP contribution in [0.4, 0.5) is 0 Å². The van der Waals surface area contributed by atoms with Crippen LogP contribution in [0, 0.1) is 17.3 Å². The minimum absolute atomic E-state index is 0.265. The van der Waals surface area contributed by atoms with Crippen molar-refractivity contribution in [3.05, 3.63) is 36.5 Å². The Labute approximate surface area is 215 Å². The number of esters is 4. The van der Waals surface area contributed by atoms with Gasteiger partial charge in [-0.25, -0.2) is 0 Å². The van der Waals surface area contributed by atoms with E-state index in [1.807, 2.05) is 0 Å². The fourth-order valence-corrected chi connectivity index (χ4v) is 6.15. The number of allylic oxidation sites excluding steroid dienone is 1. The van der Waals surface area contributed by atoms with Crippen LogP contribution >= 0.6 is 11.6 Å². The van der Waals surface area contributed by atoms with Gasteiger partial charge in [0.25, 0.3) is 0 Å². The van der Waals surface area contributed by atoms with E-state index in [4.69, 9.17) is 30.5 Å². The summed E-state index contributed by atoms with van der Waals surface area (Å²) in [5.74, 6) is -4.71. The standard InChI is InChI=1S/C26H33ClO9/c1-12-8-10-18(33-15(4)28)25(7)19(34-16(5)29)11-9-13(2)21(27)23-26(32,14(3)24(31)36-23)22(20(12)25)35-17(6)30/h9,11,14,18-23,32H,1-2,8,10H2,3-7H3/b11-9-/t14-,18-,19-,20+,21-,22-,23-,25+,26-/m0/s1. The molecule has 0 radical (unpaired) electrons. The van der Waals surface area contributed by atoms with E-state index in [-0.39, 0.29) is 5.57 Å². The molecule has 1 N–H and O–H groups in total. The molecular weight excluding hydrogens is 492 g/mol. The zero-order chi connectivity index (χ0) is 27.2. The summed E-state index contributed by atoms with van der Waals surface area (Å²) in [5.41, 5.74) is -2.57. The second-order valence-corrected chi connectivity index (χ2v) is 10.5. The van der Waals surface area contributed by atoms with Crippen LogP contribution in [-0.2, 0) is 38.1 Å². The van der Waals surface area contributed by atoms with Crippen molar-refractivity contribution in [1.29, 1.82) is 0 Å². The molecule has 2 fully saturated rings. The summed E-state index contributed by atoms with van der Waals surface area (Å²) >= 11 is 6.66. The predicted octanol–water partition coefficient (Wildman–Crippen LogP) is 2.78. The number of hydrogen-bond donors (Lipinski definition) is 1. The van der Waals surface area contributed by atoms with Gasteiger partial charge >= 0.3 is 23.9 Å². The highest BCUT2D eigenvalue weighted by atomic mass is 35.5. The highest BCUT2D eigenvalue weighted by molar-refractivity contribution is 6.23. The van der Waals surface area contributed by atoms with E-state index in [0.717, 1.165) is 0 Å². The van der Waals surface area contributed by atoms with Crippen molar-refractivity contribution in [3.8, 4) is 0 Å². The lowest BCUT2D eigenvalue weighted by Gasteiger charge is -2.55. The first-order chi connectivity index (χ1) is 16.6. The summed E-state index contributed by atoms with van der Waals surface area (Å²) in [6.07, 6.45) is -0.810. The Bertz CT molecular complexity index is 1020. The van der Waals surface area contributed by atoms with Gasteiger partial charge in [0.2, 0.25) is 0 Å². The summed E-state index contributed by atoms with van der Waals surface area (Å²) in [4.78, 5) is 49.5. The van der Waals surface area contributed by atoms with E-state index >= 15 is 0 Å². The minimum Gasteiger partial charge on any atom is -0.462 e. The molecule has 0 bridgehead atoms. The molecule has 36 heavy (non-hydrogen) atoms. The highest BCUT2D eigenvalue weighted by Crippen LogP contribution is 2.56. The Hall–Kier alpha value is -2.65. The number of fused-ring (bicyclic) bond motifs is 2. The molecule has 0 aromatic carbocycles. The minimum atomic E-state index is -2.11. The third kappa shape index (κ3) is 4.59. The van der Waals surface area contributed by atoms with Gasteiger partial charge in [-0.15, -0.1) is 11.6 Å². The maximum atomic E-state index is 12.8. The second-order valence-electron chi connectivity index (χ2n) is 10.0. The molecule has 0 aromatic rings. The Kier molecular flexibility index (Phi) is 7.77. The number of halogens is 1. The number of rotatable bonds is 3. The Balaban J connectivity index is 2.39. The average Bonchev–Trinajstić information content (AvgIpc) is 3.00. The van der Waals surface area contributed by atoms with Crippen LogP contribution in [-0.4, -0.2) is 64.4 Å². The molecule has 2 aliphatic carbocycles. The fraction of sp³-hybridized carbons (Fsp3) is 0.615. The van der Waals surface area contributed by atoms with Gasteiger partial charge in [-0.3, -0.25) is 19.2 Å². The van der Waals surface area contributed by atoms with Gasteiger partial charge in [0.05, 0.1) is 16.7 Å². The van der Waals surface area contributed by atoms with Gasteiger partial charge in [-0.05, 0) is 31.4 Å². The number of alkyl halides is 1. The van der Waals surface area contributed by atoms with Crippen LogP contribution in [0.5, 0.6) is 0 Å². The third-order valence-corrected chi connectivity index (χ3v) is 8.16. The second kappa shape index (κ2) is 10.0. The Morgan fingerprint density at radius 3 is 2.25 bits per heavy atom. The van der Waals surface area contributed by atoms with Crippen LogP contribution in [0.15, 0.2) is 36.5 Å². The molecule has 1 saturated carbocycles. The smallest absolute Gasteiger partial charge is 0.312 e. The van der Waals surface area contributed by atoms with Gasteiger partial charge in [-0.2, -0.15) is 0 Å². The van der Waals surface area contributed by atoms with E-state index in [0.29, 0.717) is 18.4 Å². The molecular formula is C26H33ClO9. The monoisotopic (exact) mass is 524 g/mol. The summed E-state index contributed by atoms with van der Waals surface area (Å²) in [5, 5.41) is 11.2. The molecule has 3 rings (SSSR count). The third-order valence-electron chi connectivity index (χ3n) is 7.65. The molecule has 1 saturated heterocycles. The number of carbonyl (C=O) groups excluding carboxylic acids is 4. The summed E-state index contributed by atoms with van der Waals surface area (Å²) in [6, 6.07) is 0. The van der Waals surface area contributed by atoms with Gasteiger partial charge in [0.15, 0.2) is 11.7 Å². The molecule has 0 amide bonds. The Morgan fingerprint density at radius 1 is 1.11 bits per heavy atom. The Morgan fingerprint density at radius 2 is 1.69 bits per heavy atom. The number of aliphatic hydroxyl groups is 1. The topological polar surface area (TPSA) is 125 Å². The van der Waals surface area contributed by atoms with Crippen molar-refractivity contribution in [2.45, 2.75) is 82.9 Å². The van der Waals surface area contributed by atoms with E-state index in [2.05, 4.69) is 13.2 Å². The van der Waals surface area contributed by atoms with E-state index < -0.39 is 76.5 Å². The maximum Gasteiger partial charge on any atom is 0.312 e. The van der Waals surface area contributed by atoms with Gasteiger partial charge in [0.1, 0.15) is 18.3 Å². The molecule has 198 valence electrons. The van der Waals surface area contributed by atoms with Crippen molar-refractivity contribution in [2.75, 3.05) is 0 Å². The highest BCUT2D eigenvalue weighted by Gasteiger charge is 2.68. The average molecular weight is 525 g/mol. The molecule has 0 spiro atoms.